The Morgan fingerprint density at radius 3 is 2.71 bits per heavy atom. The van der Waals surface area contributed by atoms with Gasteiger partial charge in [0.1, 0.15) is 11.2 Å². The second-order valence-corrected chi connectivity index (χ2v) is 5.09. The van der Waals surface area contributed by atoms with Crippen LogP contribution in [0.15, 0.2) is 39.8 Å². The predicted octanol–water partition coefficient (Wildman–Crippen LogP) is 4.32. The largest absolute Gasteiger partial charge is 0.243 e. The first kappa shape index (κ1) is 12.4. The van der Waals surface area contributed by atoms with Gasteiger partial charge >= 0.3 is 0 Å². The van der Waals surface area contributed by atoms with Crippen molar-refractivity contribution in [3.05, 3.63) is 45.7 Å². The normalized spacial score (nSPS) is 10.0. The molecule has 0 fully saturated rings. The van der Waals surface area contributed by atoms with Gasteiger partial charge in [-0.05, 0) is 23.8 Å². The smallest absolute Gasteiger partial charge is 0.136 e. The van der Waals surface area contributed by atoms with E-state index < -0.39 is 0 Å². The van der Waals surface area contributed by atoms with Gasteiger partial charge in [0.15, 0.2) is 0 Å². The van der Waals surface area contributed by atoms with Crippen LogP contribution in [0.1, 0.15) is 5.56 Å². The van der Waals surface area contributed by atoms with Gasteiger partial charge in [-0.1, -0.05) is 33.6 Å². The molecule has 2 rings (SSSR count). The Hall–Kier alpha value is -1.02. The van der Waals surface area contributed by atoms with Gasteiger partial charge in [-0.2, -0.15) is 5.26 Å². The molecule has 0 bridgehead atoms. The van der Waals surface area contributed by atoms with Gasteiger partial charge in [-0.3, -0.25) is 0 Å². The molecule has 0 aliphatic carbocycles. The lowest BCUT2D eigenvalue weighted by molar-refractivity contribution is 1.29. The monoisotopic (exact) mass is 324 g/mol. The molecule has 0 unspecified atom stereocenters. The van der Waals surface area contributed by atoms with Crippen LogP contribution in [0.4, 0.5) is 0 Å². The number of aromatic nitrogens is 1. The summed E-state index contributed by atoms with van der Waals surface area (Å²) in [6.45, 7) is 0. The van der Waals surface area contributed by atoms with Crippen molar-refractivity contribution in [2.24, 2.45) is 0 Å². The first-order valence-corrected chi connectivity index (χ1v) is 6.28. The first-order chi connectivity index (χ1) is 8.11. The van der Waals surface area contributed by atoms with Crippen LogP contribution >= 0.6 is 40.2 Å². The third kappa shape index (κ3) is 2.63. The number of rotatable bonds is 1. The maximum absolute atomic E-state index is 8.85. The summed E-state index contributed by atoms with van der Waals surface area (Å²) in [6.07, 6.45) is 1.45. The van der Waals surface area contributed by atoms with Crippen molar-refractivity contribution in [1.82, 2.24) is 4.98 Å². The Morgan fingerprint density at radius 1 is 1.29 bits per heavy atom. The van der Waals surface area contributed by atoms with Crippen LogP contribution in [0.25, 0.3) is 11.1 Å². The molecule has 0 radical (unpaired) electrons. The maximum atomic E-state index is 8.85. The summed E-state index contributed by atoms with van der Waals surface area (Å²) in [4.78, 5) is 4.76. The molecule has 1 heterocycles. The van der Waals surface area contributed by atoms with Gasteiger partial charge in [-0.15, -0.1) is 12.6 Å². The highest BCUT2D eigenvalue weighted by Gasteiger charge is 2.09. The lowest BCUT2D eigenvalue weighted by atomic mass is 10.1. The van der Waals surface area contributed by atoms with E-state index >= 15 is 0 Å². The molecule has 1 aromatic heterocycles. The number of pyridine rings is 1. The number of nitrogens with zero attached hydrogens (tertiary/aromatic N) is 2. The fourth-order valence-corrected chi connectivity index (χ4v) is 2.51. The van der Waals surface area contributed by atoms with Crippen LogP contribution < -0.4 is 0 Å². The van der Waals surface area contributed by atoms with E-state index in [0.717, 1.165) is 14.9 Å². The topological polar surface area (TPSA) is 36.7 Å². The summed E-state index contributed by atoms with van der Waals surface area (Å²) in [5, 5.41) is 9.22. The third-order valence-corrected chi connectivity index (χ3v) is 3.38. The molecule has 0 saturated heterocycles. The standard InChI is InChI=1S/C12H6BrClN2S/c13-8-1-2-9(11(17)4-8)10-3-7(5-15)6-16-12(10)14/h1-4,6,17H. The van der Waals surface area contributed by atoms with Crippen molar-refractivity contribution in [1.29, 1.82) is 5.26 Å². The second kappa shape index (κ2) is 5.09. The van der Waals surface area contributed by atoms with Crippen molar-refractivity contribution in [3.63, 3.8) is 0 Å². The molecule has 0 spiro atoms. The molecular formula is C12H6BrClN2S. The van der Waals surface area contributed by atoms with E-state index in [-0.39, 0.29) is 0 Å². The van der Waals surface area contributed by atoms with Gasteiger partial charge in [-0.25, -0.2) is 4.98 Å². The quantitative estimate of drug-likeness (QED) is 0.626. The molecule has 1 aromatic carbocycles. The lowest BCUT2D eigenvalue weighted by Crippen LogP contribution is -1.87. The van der Waals surface area contributed by atoms with Crippen molar-refractivity contribution in [2.75, 3.05) is 0 Å². The number of benzene rings is 1. The highest BCUT2D eigenvalue weighted by atomic mass is 79.9. The van der Waals surface area contributed by atoms with E-state index in [0.29, 0.717) is 16.3 Å². The summed E-state index contributed by atoms with van der Waals surface area (Å²) in [5.41, 5.74) is 2.04. The van der Waals surface area contributed by atoms with Crippen LogP contribution in [-0.2, 0) is 0 Å². The average Bonchev–Trinajstić information content (AvgIpc) is 2.30. The van der Waals surface area contributed by atoms with E-state index in [9.17, 15) is 0 Å². The minimum atomic E-state index is 0.363. The summed E-state index contributed by atoms with van der Waals surface area (Å²) >= 11 is 13.8. The molecule has 2 aromatic rings. The number of halogens is 2. The Bertz CT molecular complexity index is 622. The van der Waals surface area contributed by atoms with Gasteiger partial charge in [0, 0.05) is 21.1 Å². The number of thiol groups is 1. The molecular weight excluding hydrogens is 320 g/mol. The van der Waals surface area contributed by atoms with E-state index in [1.165, 1.54) is 6.20 Å². The Labute approximate surface area is 118 Å². The molecule has 84 valence electrons. The zero-order chi connectivity index (χ0) is 12.4. The summed E-state index contributed by atoms with van der Waals surface area (Å²) < 4.78 is 0.937. The van der Waals surface area contributed by atoms with Crippen molar-refractivity contribution >= 4 is 40.2 Å². The molecule has 2 nitrogen and oxygen atoms in total. The molecule has 0 amide bonds. The Kier molecular flexibility index (Phi) is 3.72. The molecule has 0 atom stereocenters. The zero-order valence-electron chi connectivity index (χ0n) is 8.48. The van der Waals surface area contributed by atoms with E-state index in [1.807, 2.05) is 24.3 Å². The van der Waals surface area contributed by atoms with E-state index in [1.54, 1.807) is 6.07 Å². The van der Waals surface area contributed by atoms with Gasteiger partial charge in [0.2, 0.25) is 0 Å². The van der Waals surface area contributed by atoms with Crippen LogP contribution in [0, 0.1) is 11.3 Å². The summed E-state index contributed by atoms with van der Waals surface area (Å²) in [7, 11) is 0. The minimum absolute atomic E-state index is 0.363. The third-order valence-electron chi connectivity index (χ3n) is 2.22. The Morgan fingerprint density at radius 2 is 2.06 bits per heavy atom. The van der Waals surface area contributed by atoms with Crippen molar-refractivity contribution in [2.45, 2.75) is 4.90 Å². The summed E-state index contributed by atoms with van der Waals surface area (Å²) in [5.74, 6) is 0. The molecule has 0 aliphatic heterocycles. The zero-order valence-corrected chi connectivity index (χ0v) is 11.7. The van der Waals surface area contributed by atoms with Gasteiger partial charge in [0.05, 0.1) is 5.56 Å². The fourth-order valence-electron chi connectivity index (χ4n) is 1.43. The molecule has 0 N–H and O–H groups in total. The van der Waals surface area contributed by atoms with Crippen LogP contribution in [0.5, 0.6) is 0 Å². The molecule has 0 saturated carbocycles. The van der Waals surface area contributed by atoms with E-state index in [2.05, 4.69) is 33.5 Å². The van der Waals surface area contributed by atoms with Crippen molar-refractivity contribution < 1.29 is 0 Å². The van der Waals surface area contributed by atoms with E-state index in [4.69, 9.17) is 16.9 Å². The SMILES string of the molecule is N#Cc1cnc(Cl)c(-c2ccc(Br)cc2S)c1. The molecule has 17 heavy (non-hydrogen) atoms. The minimum Gasteiger partial charge on any atom is -0.243 e. The number of hydrogen-bond acceptors (Lipinski definition) is 3. The number of hydrogen-bond donors (Lipinski definition) is 1. The van der Waals surface area contributed by atoms with Gasteiger partial charge in [0.25, 0.3) is 0 Å². The van der Waals surface area contributed by atoms with Gasteiger partial charge < -0.3 is 0 Å². The molecule has 0 aliphatic rings. The average molecular weight is 326 g/mol. The fraction of sp³-hybridized carbons (Fsp3) is 0. The summed E-state index contributed by atoms with van der Waals surface area (Å²) in [6, 6.07) is 9.39. The predicted molar refractivity (Wildman–Crippen MR) is 74.4 cm³/mol. The second-order valence-electron chi connectivity index (χ2n) is 3.34. The highest BCUT2D eigenvalue weighted by Crippen LogP contribution is 2.33. The maximum Gasteiger partial charge on any atom is 0.136 e. The first-order valence-electron chi connectivity index (χ1n) is 4.66. The van der Waals surface area contributed by atoms with Crippen LogP contribution in [0.3, 0.4) is 0 Å². The lowest BCUT2D eigenvalue weighted by Gasteiger charge is -2.07. The van der Waals surface area contributed by atoms with Crippen LogP contribution in [0.2, 0.25) is 5.15 Å². The number of nitriles is 1. The Balaban J connectivity index is 2.64. The molecule has 5 heteroatoms. The van der Waals surface area contributed by atoms with Crippen LogP contribution in [-0.4, -0.2) is 4.98 Å². The highest BCUT2D eigenvalue weighted by molar-refractivity contribution is 9.10. The van der Waals surface area contributed by atoms with Crippen molar-refractivity contribution in [3.8, 4) is 17.2 Å².